The number of piperidine rings is 1. The summed E-state index contributed by atoms with van der Waals surface area (Å²) >= 11 is 0. The molecule has 1 aromatic rings. The molecule has 0 radical (unpaired) electrons. The second-order valence-corrected chi connectivity index (χ2v) is 9.08. The molecule has 1 unspecified atom stereocenters. The highest BCUT2D eigenvalue weighted by Crippen LogP contribution is 2.28. The summed E-state index contributed by atoms with van der Waals surface area (Å²) in [6.07, 6.45) is 6.18. The molecular weight excluding hydrogens is 382 g/mol. The molecule has 3 heterocycles. The number of amides is 3. The van der Waals surface area contributed by atoms with E-state index in [0.29, 0.717) is 50.0 Å². The lowest BCUT2D eigenvalue weighted by Crippen LogP contribution is -2.42. The fraction of sp³-hybridized carbons (Fsp3) is 0.727. The largest absolute Gasteiger partial charge is 0.356 e. The Labute approximate surface area is 178 Å². The van der Waals surface area contributed by atoms with E-state index in [4.69, 9.17) is 0 Å². The van der Waals surface area contributed by atoms with E-state index in [-0.39, 0.29) is 23.6 Å². The number of aryl methyl sites for hydroxylation is 1. The van der Waals surface area contributed by atoms with Crippen LogP contribution in [0.25, 0.3) is 0 Å². The maximum absolute atomic E-state index is 12.8. The van der Waals surface area contributed by atoms with Crippen LogP contribution in [-0.4, -0.2) is 70.0 Å². The van der Waals surface area contributed by atoms with Gasteiger partial charge in [-0.05, 0) is 51.4 Å². The molecule has 1 N–H and O–H groups in total. The van der Waals surface area contributed by atoms with Gasteiger partial charge in [0.25, 0.3) is 5.91 Å². The number of carbonyl (C=O) groups excluding carboxylic acids is 3. The van der Waals surface area contributed by atoms with Crippen molar-refractivity contribution in [3.8, 4) is 0 Å². The van der Waals surface area contributed by atoms with Gasteiger partial charge in [-0.2, -0.15) is 5.10 Å². The van der Waals surface area contributed by atoms with Gasteiger partial charge < -0.3 is 15.1 Å². The minimum absolute atomic E-state index is 0.0289. The highest BCUT2D eigenvalue weighted by Gasteiger charge is 2.36. The molecule has 0 bridgehead atoms. The van der Waals surface area contributed by atoms with Crippen molar-refractivity contribution in [2.24, 2.45) is 17.8 Å². The van der Waals surface area contributed by atoms with Crippen LogP contribution in [0.1, 0.15) is 55.1 Å². The Hall–Kier alpha value is -2.38. The molecule has 30 heavy (non-hydrogen) atoms. The van der Waals surface area contributed by atoms with Crippen LogP contribution in [0.3, 0.4) is 0 Å². The molecule has 2 saturated heterocycles. The highest BCUT2D eigenvalue weighted by molar-refractivity contribution is 5.95. The fourth-order valence-corrected chi connectivity index (χ4v) is 4.61. The lowest BCUT2D eigenvalue weighted by atomic mass is 9.95. The summed E-state index contributed by atoms with van der Waals surface area (Å²) < 4.78 is 1.84. The molecule has 1 atom stereocenters. The number of rotatable bonds is 7. The van der Waals surface area contributed by atoms with Crippen LogP contribution < -0.4 is 5.32 Å². The van der Waals surface area contributed by atoms with Gasteiger partial charge >= 0.3 is 0 Å². The molecule has 1 saturated carbocycles. The molecule has 0 aromatic carbocycles. The molecule has 8 nitrogen and oxygen atoms in total. The predicted octanol–water partition coefficient (Wildman–Crippen LogP) is 1.44. The first-order valence-corrected chi connectivity index (χ1v) is 11.3. The Kier molecular flexibility index (Phi) is 6.11. The van der Waals surface area contributed by atoms with Crippen molar-refractivity contribution in [1.29, 1.82) is 0 Å². The molecule has 1 aliphatic carbocycles. The van der Waals surface area contributed by atoms with Crippen LogP contribution in [0, 0.1) is 24.7 Å². The standard InChI is InChI=1S/C22H33N5O3/c1-3-27-15(2)19(12-24-27)22(30)25-8-6-17(7-9-25)13-26-14-18(10-20(26)28)21(29)23-11-16-4-5-16/h12,16-18H,3-11,13-14H2,1-2H3,(H,23,29). The van der Waals surface area contributed by atoms with E-state index in [9.17, 15) is 14.4 Å². The number of likely N-dealkylation sites (tertiary alicyclic amines) is 2. The average Bonchev–Trinajstić information content (AvgIpc) is 3.41. The van der Waals surface area contributed by atoms with Gasteiger partial charge in [-0.25, -0.2) is 0 Å². The average molecular weight is 416 g/mol. The van der Waals surface area contributed by atoms with E-state index >= 15 is 0 Å². The van der Waals surface area contributed by atoms with Crippen LogP contribution in [0.5, 0.6) is 0 Å². The van der Waals surface area contributed by atoms with Gasteiger partial charge in [-0.3, -0.25) is 19.1 Å². The smallest absolute Gasteiger partial charge is 0.257 e. The third kappa shape index (κ3) is 4.52. The predicted molar refractivity (Wildman–Crippen MR) is 112 cm³/mol. The van der Waals surface area contributed by atoms with E-state index in [2.05, 4.69) is 10.4 Å². The fourth-order valence-electron chi connectivity index (χ4n) is 4.61. The van der Waals surface area contributed by atoms with Crippen LogP contribution in [0.2, 0.25) is 0 Å². The van der Waals surface area contributed by atoms with E-state index in [1.807, 2.05) is 28.3 Å². The molecule has 2 aliphatic heterocycles. The van der Waals surface area contributed by atoms with Crippen LogP contribution in [0.15, 0.2) is 6.20 Å². The van der Waals surface area contributed by atoms with Gasteiger partial charge in [0.15, 0.2) is 0 Å². The van der Waals surface area contributed by atoms with E-state index < -0.39 is 0 Å². The van der Waals surface area contributed by atoms with Crippen molar-refractivity contribution in [1.82, 2.24) is 24.9 Å². The number of hydrogen-bond acceptors (Lipinski definition) is 4. The molecule has 8 heteroatoms. The lowest BCUT2D eigenvalue weighted by Gasteiger charge is -2.34. The summed E-state index contributed by atoms with van der Waals surface area (Å²) in [5, 5.41) is 7.29. The summed E-state index contributed by atoms with van der Waals surface area (Å²) in [5.41, 5.74) is 1.60. The number of carbonyl (C=O) groups is 3. The monoisotopic (exact) mass is 415 g/mol. The maximum Gasteiger partial charge on any atom is 0.257 e. The Morgan fingerprint density at radius 2 is 1.90 bits per heavy atom. The summed E-state index contributed by atoms with van der Waals surface area (Å²) in [5.74, 6) is 0.982. The SMILES string of the molecule is CCn1ncc(C(=O)N2CCC(CN3CC(C(=O)NCC4CC4)CC3=O)CC2)c1C. The zero-order valence-electron chi connectivity index (χ0n) is 18.1. The van der Waals surface area contributed by atoms with Crippen molar-refractivity contribution in [2.45, 2.75) is 52.5 Å². The van der Waals surface area contributed by atoms with E-state index in [0.717, 1.165) is 31.6 Å². The molecular formula is C22H33N5O3. The quantitative estimate of drug-likeness (QED) is 0.730. The van der Waals surface area contributed by atoms with Crippen molar-refractivity contribution in [2.75, 3.05) is 32.7 Å². The number of aromatic nitrogens is 2. The maximum atomic E-state index is 12.8. The molecule has 0 spiro atoms. The van der Waals surface area contributed by atoms with Gasteiger partial charge in [0.1, 0.15) is 0 Å². The molecule has 1 aromatic heterocycles. The summed E-state index contributed by atoms with van der Waals surface area (Å²) in [7, 11) is 0. The minimum Gasteiger partial charge on any atom is -0.356 e. The normalized spacial score (nSPS) is 22.6. The number of nitrogens with zero attached hydrogens (tertiary/aromatic N) is 4. The first-order valence-electron chi connectivity index (χ1n) is 11.3. The third-order valence-corrected chi connectivity index (χ3v) is 6.86. The van der Waals surface area contributed by atoms with E-state index in [1.165, 1.54) is 12.8 Å². The second kappa shape index (κ2) is 8.78. The molecule has 3 aliphatic rings. The Morgan fingerprint density at radius 3 is 2.53 bits per heavy atom. The zero-order valence-corrected chi connectivity index (χ0v) is 18.1. The number of nitrogens with one attached hydrogen (secondary N) is 1. The zero-order chi connectivity index (χ0) is 21.3. The van der Waals surface area contributed by atoms with Gasteiger partial charge in [0, 0.05) is 51.4 Å². The first kappa shape index (κ1) is 20.9. The van der Waals surface area contributed by atoms with Crippen LogP contribution in [-0.2, 0) is 16.1 Å². The molecule has 4 rings (SSSR count). The summed E-state index contributed by atoms with van der Waals surface area (Å²) in [4.78, 5) is 41.3. The number of hydrogen-bond donors (Lipinski definition) is 1. The van der Waals surface area contributed by atoms with Gasteiger partial charge in [-0.15, -0.1) is 0 Å². The highest BCUT2D eigenvalue weighted by atomic mass is 16.2. The van der Waals surface area contributed by atoms with Gasteiger partial charge in [-0.1, -0.05) is 0 Å². The minimum atomic E-state index is -0.212. The van der Waals surface area contributed by atoms with Crippen molar-refractivity contribution < 1.29 is 14.4 Å². The Balaban J connectivity index is 1.24. The van der Waals surface area contributed by atoms with Crippen molar-refractivity contribution >= 4 is 17.7 Å². The van der Waals surface area contributed by atoms with Gasteiger partial charge in [0.2, 0.25) is 11.8 Å². The van der Waals surface area contributed by atoms with Crippen LogP contribution >= 0.6 is 0 Å². The van der Waals surface area contributed by atoms with Gasteiger partial charge in [0.05, 0.1) is 17.7 Å². The third-order valence-electron chi connectivity index (χ3n) is 6.86. The molecule has 3 fully saturated rings. The first-order chi connectivity index (χ1) is 14.5. The molecule has 3 amide bonds. The topological polar surface area (TPSA) is 87.5 Å². The van der Waals surface area contributed by atoms with Crippen molar-refractivity contribution in [3.05, 3.63) is 17.5 Å². The Bertz CT molecular complexity index is 808. The Morgan fingerprint density at radius 1 is 1.17 bits per heavy atom. The van der Waals surface area contributed by atoms with Crippen LogP contribution in [0.4, 0.5) is 0 Å². The van der Waals surface area contributed by atoms with E-state index in [1.54, 1.807) is 6.20 Å². The summed E-state index contributed by atoms with van der Waals surface area (Å²) in [6.45, 7) is 8.09. The lowest BCUT2D eigenvalue weighted by molar-refractivity contribution is -0.129. The van der Waals surface area contributed by atoms with Crippen molar-refractivity contribution in [3.63, 3.8) is 0 Å². The second-order valence-electron chi connectivity index (χ2n) is 9.08. The molecule has 164 valence electrons. The summed E-state index contributed by atoms with van der Waals surface area (Å²) in [6, 6.07) is 0.